The fraction of sp³-hybridized carbons (Fsp3) is 0.0476. The molecule has 28 heavy (non-hydrogen) atoms. The van der Waals surface area contributed by atoms with Crippen LogP contribution < -0.4 is 4.74 Å². The van der Waals surface area contributed by atoms with Crippen LogP contribution in [0.2, 0.25) is 0 Å². The van der Waals surface area contributed by atoms with E-state index in [1.54, 1.807) is 19.1 Å². The highest BCUT2D eigenvalue weighted by Crippen LogP contribution is 2.28. The number of nitro benzene ring substituents is 1. The molecule has 0 atom stereocenters. The van der Waals surface area contributed by atoms with Crippen molar-refractivity contribution in [1.29, 1.82) is 0 Å². The molecule has 0 saturated heterocycles. The number of rotatable bonds is 5. The van der Waals surface area contributed by atoms with Crippen LogP contribution in [-0.2, 0) is 0 Å². The van der Waals surface area contributed by atoms with E-state index < -0.39 is 4.92 Å². The molecule has 0 radical (unpaired) electrons. The van der Waals surface area contributed by atoms with Gasteiger partial charge in [0.05, 0.1) is 4.92 Å². The van der Waals surface area contributed by atoms with Gasteiger partial charge in [0.15, 0.2) is 0 Å². The van der Waals surface area contributed by atoms with Crippen LogP contribution in [0.3, 0.4) is 0 Å². The van der Waals surface area contributed by atoms with Gasteiger partial charge in [-0.1, -0.05) is 29.4 Å². The average Bonchev–Trinajstić information content (AvgIpc) is 3.20. The van der Waals surface area contributed by atoms with Gasteiger partial charge in [0.25, 0.3) is 11.6 Å². The van der Waals surface area contributed by atoms with Gasteiger partial charge in [0.1, 0.15) is 11.5 Å². The second-order valence-electron chi connectivity index (χ2n) is 6.12. The standard InChI is InChI=1S/C21H15N3O4/c1-14-7-8-16(13-19(14)24(25)26)21-22-20(23-28-21)15-9-11-18(12-10-15)27-17-5-3-2-4-6-17/h2-13H,1H3. The Hall–Kier alpha value is -4.00. The first-order valence-electron chi connectivity index (χ1n) is 8.52. The van der Waals surface area contributed by atoms with Crippen LogP contribution in [0, 0.1) is 17.0 Å². The molecule has 4 aromatic rings. The molecule has 0 spiro atoms. The lowest BCUT2D eigenvalue weighted by molar-refractivity contribution is -0.385. The van der Waals surface area contributed by atoms with Crippen molar-refractivity contribution in [3.05, 3.63) is 88.5 Å². The zero-order valence-corrected chi connectivity index (χ0v) is 14.9. The zero-order valence-electron chi connectivity index (χ0n) is 14.9. The van der Waals surface area contributed by atoms with Crippen LogP contribution in [0.1, 0.15) is 5.56 Å². The van der Waals surface area contributed by atoms with Gasteiger partial charge >= 0.3 is 0 Å². The Morgan fingerprint density at radius 2 is 1.61 bits per heavy atom. The summed E-state index contributed by atoms with van der Waals surface area (Å²) < 4.78 is 11.1. The molecule has 0 fully saturated rings. The monoisotopic (exact) mass is 373 g/mol. The zero-order chi connectivity index (χ0) is 19.5. The van der Waals surface area contributed by atoms with E-state index in [0.29, 0.717) is 22.7 Å². The Bertz CT molecular complexity index is 1120. The highest BCUT2D eigenvalue weighted by molar-refractivity contribution is 5.63. The maximum absolute atomic E-state index is 11.1. The summed E-state index contributed by atoms with van der Waals surface area (Å²) in [5.74, 6) is 2.05. The molecular formula is C21H15N3O4. The Morgan fingerprint density at radius 1 is 0.929 bits per heavy atom. The first-order valence-corrected chi connectivity index (χ1v) is 8.52. The summed E-state index contributed by atoms with van der Waals surface area (Å²) in [6.07, 6.45) is 0. The minimum absolute atomic E-state index is 0.0136. The Kier molecular flexibility index (Phi) is 4.55. The second kappa shape index (κ2) is 7.32. The minimum atomic E-state index is -0.429. The molecule has 0 bridgehead atoms. The molecule has 138 valence electrons. The molecule has 1 aromatic heterocycles. The number of ether oxygens (including phenoxy) is 1. The van der Waals surface area contributed by atoms with Gasteiger partial charge in [-0.25, -0.2) is 0 Å². The van der Waals surface area contributed by atoms with E-state index in [1.165, 1.54) is 6.07 Å². The van der Waals surface area contributed by atoms with Crippen molar-refractivity contribution in [2.24, 2.45) is 0 Å². The molecule has 0 saturated carbocycles. The number of aromatic nitrogens is 2. The molecule has 4 rings (SSSR count). The van der Waals surface area contributed by atoms with Crippen molar-refractivity contribution in [2.45, 2.75) is 6.92 Å². The third-order valence-electron chi connectivity index (χ3n) is 4.17. The molecule has 1 heterocycles. The average molecular weight is 373 g/mol. The lowest BCUT2D eigenvalue weighted by Gasteiger charge is -2.05. The molecule has 0 aliphatic heterocycles. The number of hydrogen-bond acceptors (Lipinski definition) is 6. The van der Waals surface area contributed by atoms with Crippen molar-refractivity contribution in [2.75, 3.05) is 0 Å². The van der Waals surface area contributed by atoms with Gasteiger partial charge in [0.2, 0.25) is 5.82 Å². The Balaban J connectivity index is 1.56. The predicted molar refractivity (Wildman–Crippen MR) is 103 cm³/mol. The van der Waals surface area contributed by atoms with Gasteiger partial charge in [0, 0.05) is 22.8 Å². The quantitative estimate of drug-likeness (QED) is 0.343. The normalized spacial score (nSPS) is 10.6. The van der Waals surface area contributed by atoms with Crippen LogP contribution >= 0.6 is 0 Å². The first-order chi connectivity index (χ1) is 13.6. The van der Waals surface area contributed by atoms with Crippen LogP contribution in [0.5, 0.6) is 11.5 Å². The van der Waals surface area contributed by atoms with Gasteiger partial charge in [-0.3, -0.25) is 10.1 Å². The number of nitrogens with zero attached hydrogens (tertiary/aromatic N) is 3. The molecule has 0 aliphatic rings. The molecule has 0 N–H and O–H groups in total. The number of nitro groups is 1. The molecule has 3 aromatic carbocycles. The summed E-state index contributed by atoms with van der Waals surface area (Å²) >= 11 is 0. The third kappa shape index (κ3) is 3.59. The van der Waals surface area contributed by atoms with Crippen molar-refractivity contribution in [3.8, 4) is 34.3 Å². The minimum Gasteiger partial charge on any atom is -0.457 e. The van der Waals surface area contributed by atoms with E-state index in [1.807, 2.05) is 54.6 Å². The largest absolute Gasteiger partial charge is 0.457 e. The van der Waals surface area contributed by atoms with Crippen molar-refractivity contribution < 1.29 is 14.2 Å². The van der Waals surface area contributed by atoms with Crippen molar-refractivity contribution in [1.82, 2.24) is 10.1 Å². The topological polar surface area (TPSA) is 91.3 Å². The van der Waals surface area contributed by atoms with E-state index in [9.17, 15) is 10.1 Å². The molecular weight excluding hydrogens is 358 g/mol. The summed E-state index contributed by atoms with van der Waals surface area (Å²) in [7, 11) is 0. The maximum Gasteiger partial charge on any atom is 0.273 e. The molecule has 7 heteroatoms. The van der Waals surface area contributed by atoms with Gasteiger partial charge < -0.3 is 9.26 Å². The molecule has 7 nitrogen and oxygen atoms in total. The van der Waals surface area contributed by atoms with E-state index in [-0.39, 0.29) is 11.6 Å². The SMILES string of the molecule is Cc1ccc(-c2nc(-c3ccc(Oc4ccccc4)cc3)no2)cc1[N+](=O)[O-]. The summed E-state index contributed by atoms with van der Waals surface area (Å²) in [4.78, 5) is 15.0. The molecule has 0 amide bonds. The predicted octanol–water partition coefficient (Wildman–Crippen LogP) is 5.41. The number of para-hydroxylation sites is 1. The van der Waals surface area contributed by atoms with Gasteiger partial charge in [-0.05, 0) is 49.4 Å². The van der Waals surface area contributed by atoms with E-state index in [4.69, 9.17) is 9.26 Å². The lowest BCUT2D eigenvalue weighted by Crippen LogP contribution is -1.92. The van der Waals surface area contributed by atoms with E-state index in [0.717, 1.165) is 11.3 Å². The number of benzene rings is 3. The van der Waals surface area contributed by atoms with Gasteiger partial charge in [-0.15, -0.1) is 0 Å². The van der Waals surface area contributed by atoms with Crippen molar-refractivity contribution >= 4 is 5.69 Å². The summed E-state index contributed by atoms with van der Waals surface area (Å²) in [5.41, 5.74) is 1.83. The van der Waals surface area contributed by atoms with E-state index in [2.05, 4.69) is 10.1 Å². The van der Waals surface area contributed by atoms with Crippen LogP contribution in [0.15, 0.2) is 77.3 Å². The highest BCUT2D eigenvalue weighted by Gasteiger charge is 2.16. The molecule has 0 unspecified atom stereocenters. The summed E-state index contributed by atoms with van der Waals surface area (Å²) in [5, 5.41) is 15.1. The Labute approximate surface area is 160 Å². The van der Waals surface area contributed by atoms with Crippen LogP contribution in [0.25, 0.3) is 22.8 Å². The van der Waals surface area contributed by atoms with E-state index >= 15 is 0 Å². The van der Waals surface area contributed by atoms with Crippen molar-refractivity contribution in [3.63, 3.8) is 0 Å². The number of aryl methyl sites for hydroxylation is 1. The number of hydrogen-bond donors (Lipinski definition) is 0. The smallest absolute Gasteiger partial charge is 0.273 e. The summed E-state index contributed by atoms with van der Waals surface area (Å²) in [6, 6.07) is 21.6. The van der Waals surface area contributed by atoms with Crippen LogP contribution in [-0.4, -0.2) is 15.1 Å². The maximum atomic E-state index is 11.1. The molecule has 0 aliphatic carbocycles. The fourth-order valence-electron chi connectivity index (χ4n) is 2.69. The third-order valence-corrected chi connectivity index (χ3v) is 4.17. The second-order valence-corrected chi connectivity index (χ2v) is 6.12. The lowest BCUT2D eigenvalue weighted by atomic mass is 10.1. The Morgan fingerprint density at radius 3 is 2.32 bits per heavy atom. The highest BCUT2D eigenvalue weighted by atomic mass is 16.6. The first kappa shape index (κ1) is 17.4. The van der Waals surface area contributed by atoms with Gasteiger partial charge in [-0.2, -0.15) is 4.98 Å². The summed E-state index contributed by atoms with van der Waals surface area (Å²) in [6.45, 7) is 1.68. The fourth-order valence-corrected chi connectivity index (χ4v) is 2.69. The van der Waals surface area contributed by atoms with Crippen LogP contribution in [0.4, 0.5) is 5.69 Å².